The van der Waals surface area contributed by atoms with Crippen LogP contribution in [0.4, 0.5) is 0 Å². The van der Waals surface area contributed by atoms with Crippen molar-refractivity contribution in [1.82, 2.24) is 4.90 Å². The number of carboxylic acids is 1. The summed E-state index contributed by atoms with van der Waals surface area (Å²) in [5.74, 6) is 0.0676. The summed E-state index contributed by atoms with van der Waals surface area (Å²) in [5, 5.41) is 9.90. The Labute approximate surface area is 165 Å². The van der Waals surface area contributed by atoms with Gasteiger partial charge < -0.3 is 14.7 Å². The number of methoxy groups -OCH3 is 1. The SMILES string of the molecule is COc1ccccc1C(C)CC(=O)N1CCC(C(=O)O)(c2ccccc2)CC1. The van der Waals surface area contributed by atoms with E-state index in [1.165, 1.54) is 0 Å². The fraction of sp³-hybridized carbons (Fsp3) is 0.391. The van der Waals surface area contributed by atoms with Crippen molar-refractivity contribution in [3.05, 3.63) is 65.7 Å². The maximum atomic E-state index is 12.8. The zero-order valence-electron chi connectivity index (χ0n) is 16.4. The second-order valence-electron chi connectivity index (χ2n) is 7.48. The predicted molar refractivity (Wildman–Crippen MR) is 108 cm³/mol. The van der Waals surface area contributed by atoms with Gasteiger partial charge in [-0.2, -0.15) is 0 Å². The molecule has 148 valence electrons. The third kappa shape index (κ3) is 3.88. The molecule has 28 heavy (non-hydrogen) atoms. The minimum Gasteiger partial charge on any atom is -0.496 e. The zero-order chi connectivity index (χ0) is 20.1. The molecular formula is C23H27NO4. The van der Waals surface area contributed by atoms with Crippen LogP contribution >= 0.6 is 0 Å². The highest BCUT2D eigenvalue weighted by atomic mass is 16.5. The van der Waals surface area contributed by atoms with E-state index in [1.54, 1.807) is 12.0 Å². The molecule has 1 saturated heterocycles. The number of carbonyl (C=O) groups is 2. The standard InChI is InChI=1S/C23H27NO4/c1-17(19-10-6-7-11-20(19)28-2)16-21(25)24-14-12-23(13-15-24,22(26)27)18-8-4-3-5-9-18/h3-11,17H,12-16H2,1-2H3,(H,26,27). The maximum absolute atomic E-state index is 12.8. The van der Waals surface area contributed by atoms with Gasteiger partial charge in [-0.25, -0.2) is 0 Å². The highest BCUT2D eigenvalue weighted by molar-refractivity contribution is 5.83. The third-order valence-corrected chi connectivity index (χ3v) is 5.86. The largest absolute Gasteiger partial charge is 0.496 e. The van der Waals surface area contributed by atoms with Crippen LogP contribution in [0.5, 0.6) is 5.75 Å². The Morgan fingerprint density at radius 2 is 1.68 bits per heavy atom. The summed E-state index contributed by atoms with van der Waals surface area (Å²) in [7, 11) is 1.63. The number of rotatable bonds is 6. The zero-order valence-corrected chi connectivity index (χ0v) is 16.4. The van der Waals surface area contributed by atoms with E-state index >= 15 is 0 Å². The Balaban J connectivity index is 1.67. The normalized spacial score (nSPS) is 17.0. The first-order valence-corrected chi connectivity index (χ1v) is 9.67. The number of nitrogens with zero attached hydrogens (tertiary/aromatic N) is 1. The second-order valence-corrected chi connectivity index (χ2v) is 7.48. The Morgan fingerprint density at radius 1 is 1.07 bits per heavy atom. The molecule has 1 amide bonds. The summed E-state index contributed by atoms with van der Waals surface area (Å²) in [5.41, 5.74) is 0.920. The number of piperidine rings is 1. The molecule has 1 unspecified atom stereocenters. The molecule has 1 aliphatic rings. The topological polar surface area (TPSA) is 66.8 Å². The van der Waals surface area contributed by atoms with Gasteiger partial charge >= 0.3 is 5.97 Å². The molecule has 1 fully saturated rings. The Bertz CT molecular complexity index is 826. The molecule has 1 aliphatic heterocycles. The molecule has 1 N–H and O–H groups in total. The van der Waals surface area contributed by atoms with Gasteiger partial charge in [0.1, 0.15) is 5.75 Å². The monoisotopic (exact) mass is 381 g/mol. The molecule has 5 heteroatoms. The van der Waals surface area contributed by atoms with Gasteiger partial charge in [-0.3, -0.25) is 9.59 Å². The van der Waals surface area contributed by atoms with Crippen LogP contribution in [0, 0.1) is 0 Å². The summed E-state index contributed by atoms with van der Waals surface area (Å²) in [4.78, 5) is 26.7. The average Bonchev–Trinajstić information content (AvgIpc) is 2.74. The molecule has 5 nitrogen and oxygen atoms in total. The van der Waals surface area contributed by atoms with E-state index < -0.39 is 11.4 Å². The highest BCUT2D eigenvalue weighted by Gasteiger charge is 2.43. The Morgan fingerprint density at radius 3 is 2.29 bits per heavy atom. The lowest BCUT2D eigenvalue weighted by Crippen LogP contribution is -2.49. The van der Waals surface area contributed by atoms with Crippen LogP contribution < -0.4 is 4.74 Å². The molecule has 2 aromatic carbocycles. The lowest BCUT2D eigenvalue weighted by atomic mass is 9.72. The van der Waals surface area contributed by atoms with E-state index in [-0.39, 0.29) is 11.8 Å². The fourth-order valence-corrected chi connectivity index (χ4v) is 4.10. The number of hydrogen-bond acceptors (Lipinski definition) is 3. The molecule has 1 heterocycles. The molecule has 2 aromatic rings. The van der Waals surface area contributed by atoms with E-state index in [0.717, 1.165) is 16.9 Å². The summed E-state index contributed by atoms with van der Waals surface area (Å²) in [6.07, 6.45) is 1.24. The van der Waals surface area contributed by atoms with Crippen molar-refractivity contribution in [2.45, 2.75) is 37.5 Å². The Hall–Kier alpha value is -2.82. The quantitative estimate of drug-likeness (QED) is 0.826. The van der Waals surface area contributed by atoms with Crippen molar-refractivity contribution in [2.24, 2.45) is 0 Å². The van der Waals surface area contributed by atoms with Gasteiger partial charge in [-0.1, -0.05) is 55.5 Å². The summed E-state index contributed by atoms with van der Waals surface area (Å²) in [6, 6.07) is 17.1. The lowest BCUT2D eigenvalue weighted by molar-refractivity contribution is -0.148. The van der Waals surface area contributed by atoms with Gasteiger partial charge in [-0.15, -0.1) is 0 Å². The summed E-state index contributed by atoms with van der Waals surface area (Å²) in [6.45, 7) is 2.93. The highest BCUT2D eigenvalue weighted by Crippen LogP contribution is 2.37. The number of carboxylic acid groups (broad SMARTS) is 1. The molecule has 0 bridgehead atoms. The van der Waals surface area contributed by atoms with Gasteiger partial charge in [0.2, 0.25) is 5.91 Å². The van der Waals surface area contributed by atoms with Crippen LogP contribution in [-0.2, 0) is 15.0 Å². The second kappa shape index (κ2) is 8.46. The van der Waals surface area contributed by atoms with Crippen molar-refractivity contribution >= 4 is 11.9 Å². The Kier molecular flexibility index (Phi) is 6.02. The van der Waals surface area contributed by atoms with Crippen LogP contribution in [-0.4, -0.2) is 42.1 Å². The molecule has 0 spiro atoms. The van der Waals surface area contributed by atoms with Gasteiger partial charge in [-0.05, 0) is 36.0 Å². The summed E-state index contributed by atoms with van der Waals surface area (Å²) < 4.78 is 5.41. The van der Waals surface area contributed by atoms with Gasteiger partial charge in [0.05, 0.1) is 12.5 Å². The third-order valence-electron chi connectivity index (χ3n) is 5.86. The summed E-state index contributed by atoms with van der Waals surface area (Å²) >= 11 is 0. The van der Waals surface area contributed by atoms with Crippen molar-refractivity contribution in [3.63, 3.8) is 0 Å². The molecule has 3 rings (SSSR count). The number of hydrogen-bond donors (Lipinski definition) is 1. The number of aliphatic carboxylic acids is 1. The van der Waals surface area contributed by atoms with Crippen LogP contribution in [0.25, 0.3) is 0 Å². The molecule has 0 radical (unpaired) electrons. The molecule has 1 atom stereocenters. The van der Waals surface area contributed by atoms with E-state index in [2.05, 4.69) is 0 Å². The van der Waals surface area contributed by atoms with Gasteiger partial charge in [0.15, 0.2) is 0 Å². The average molecular weight is 381 g/mol. The lowest BCUT2D eigenvalue weighted by Gasteiger charge is -2.39. The van der Waals surface area contributed by atoms with Crippen LogP contribution in [0.1, 0.15) is 43.2 Å². The van der Waals surface area contributed by atoms with Crippen LogP contribution in [0.3, 0.4) is 0 Å². The number of para-hydroxylation sites is 1. The molecule has 0 aromatic heterocycles. The van der Waals surface area contributed by atoms with Crippen molar-refractivity contribution in [1.29, 1.82) is 0 Å². The smallest absolute Gasteiger partial charge is 0.314 e. The first-order valence-electron chi connectivity index (χ1n) is 9.67. The minimum absolute atomic E-state index is 0.0314. The van der Waals surface area contributed by atoms with Crippen LogP contribution in [0.2, 0.25) is 0 Å². The molecular weight excluding hydrogens is 354 g/mol. The minimum atomic E-state index is -0.910. The van der Waals surface area contributed by atoms with Gasteiger partial charge in [0, 0.05) is 19.5 Å². The first-order chi connectivity index (χ1) is 13.5. The number of ether oxygens (including phenoxy) is 1. The molecule has 0 aliphatic carbocycles. The number of carbonyl (C=O) groups excluding carboxylic acids is 1. The molecule has 0 saturated carbocycles. The van der Waals surface area contributed by atoms with Crippen molar-refractivity contribution < 1.29 is 19.4 Å². The van der Waals surface area contributed by atoms with E-state index in [9.17, 15) is 14.7 Å². The van der Waals surface area contributed by atoms with Crippen molar-refractivity contribution in [3.8, 4) is 5.75 Å². The maximum Gasteiger partial charge on any atom is 0.314 e. The number of amides is 1. The number of benzene rings is 2. The first kappa shape index (κ1) is 19.9. The van der Waals surface area contributed by atoms with Crippen LogP contribution in [0.15, 0.2) is 54.6 Å². The van der Waals surface area contributed by atoms with E-state index in [1.807, 2.05) is 61.5 Å². The predicted octanol–water partition coefficient (Wildman–Crippen LogP) is 3.83. The number of likely N-dealkylation sites (tertiary alicyclic amines) is 1. The van der Waals surface area contributed by atoms with Gasteiger partial charge in [0.25, 0.3) is 0 Å². The van der Waals surface area contributed by atoms with E-state index in [4.69, 9.17) is 4.74 Å². The van der Waals surface area contributed by atoms with Crippen molar-refractivity contribution in [2.75, 3.05) is 20.2 Å². The fourth-order valence-electron chi connectivity index (χ4n) is 4.10. The van der Waals surface area contributed by atoms with E-state index in [0.29, 0.717) is 32.4 Å².